The number of hydrogen-bond donors (Lipinski definition) is 0. The van der Waals surface area contributed by atoms with E-state index in [2.05, 4.69) is 32.4 Å². The van der Waals surface area contributed by atoms with E-state index in [0.717, 1.165) is 0 Å². The average Bonchev–Trinajstić information content (AvgIpc) is 1.85. The number of thiophene rings is 1. The molecule has 2 unspecified atom stereocenters. The summed E-state index contributed by atoms with van der Waals surface area (Å²) in [5.74, 6) is 0. The van der Waals surface area contributed by atoms with Gasteiger partial charge in [0.1, 0.15) is 0 Å². The zero-order chi connectivity index (χ0) is 6.15. The van der Waals surface area contributed by atoms with Crippen molar-refractivity contribution < 1.29 is 0 Å². The Balaban J connectivity index is 3.14. The van der Waals surface area contributed by atoms with Gasteiger partial charge in [-0.2, -0.15) is 11.3 Å². The summed E-state index contributed by atoms with van der Waals surface area (Å²) in [6.45, 7) is 0. The van der Waals surface area contributed by atoms with E-state index in [9.17, 15) is 0 Å². The van der Waals surface area contributed by atoms with Crippen LogP contribution in [0.25, 0.3) is 0 Å². The van der Waals surface area contributed by atoms with Crippen LogP contribution in [0.3, 0.4) is 0 Å². The van der Waals surface area contributed by atoms with Crippen LogP contribution < -0.4 is 14.7 Å². The Morgan fingerprint density at radius 1 is 1.50 bits per heavy atom. The van der Waals surface area contributed by atoms with Gasteiger partial charge in [-0.25, -0.2) is 0 Å². The van der Waals surface area contributed by atoms with E-state index in [1.807, 2.05) is 11.3 Å². The molecule has 0 nitrogen and oxygen atoms in total. The molecule has 1 aromatic rings. The Morgan fingerprint density at radius 2 is 2.12 bits per heavy atom. The summed E-state index contributed by atoms with van der Waals surface area (Å²) in [6, 6.07) is 2.16. The molecule has 0 radical (unpaired) electrons. The third kappa shape index (κ3) is 1.32. The van der Waals surface area contributed by atoms with Crippen LogP contribution >= 0.6 is 29.8 Å². The SMILES string of the molecule is Bc1cc(P)c(P)s1. The standard InChI is InChI=1S/C4H7BP2S/c5-3-1-2(6)4(7)8-3/h1H,5-7H2. The lowest BCUT2D eigenvalue weighted by Gasteiger charge is -1.79. The second-order valence-corrected chi connectivity index (χ2v) is 4.58. The Bertz CT molecular complexity index is 176. The van der Waals surface area contributed by atoms with E-state index in [-0.39, 0.29) is 0 Å². The molecular formula is C4H7BP2S. The minimum Gasteiger partial charge on any atom is -0.151 e. The fourth-order valence-electron chi connectivity index (χ4n) is 0.552. The molecule has 8 heavy (non-hydrogen) atoms. The molecule has 0 spiro atoms. The zero-order valence-corrected chi connectivity index (χ0v) is 7.77. The maximum absolute atomic E-state index is 2.71. The molecule has 0 aliphatic carbocycles. The summed E-state index contributed by atoms with van der Waals surface area (Å²) < 4.78 is 2.70. The van der Waals surface area contributed by atoms with Crippen LogP contribution in [-0.4, -0.2) is 7.85 Å². The molecule has 0 aliphatic rings. The van der Waals surface area contributed by atoms with E-state index in [0.29, 0.717) is 0 Å². The minimum atomic E-state index is 1.30. The molecule has 0 saturated heterocycles. The van der Waals surface area contributed by atoms with Gasteiger partial charge in [0.05, 0.1) is 0 Å². The molecule has 0 aromatic carbocycles. The molecule has 0 aliphatic heterocycles. The van der Waals surface area contributed by atoms with Gasteiger partial charge in [-0.1, -0.05) is 15.3 Å². The molecule has 4 heteroatoms. The first-order valence-electron chi connectivity index (χ1n) is 2.31. The van der Waals surface area contributed by atoms with Crippen molar-refractivity contribution >= 4 is 52.4 Å². The van der Waals surface area contributed by atoms with Crippen molar-refractivity contribution in [2.75, 3.05) is 0 Å². The molecule has 1 aromatic heterocycles. The van der Waals surface area contributed by atoms with Crippen LogP contribution in [0.1, 0.15) is 0 Å². The van der Waals surface area contributed by atoms with E-state index < -0.39 is 0 Å². The summed E-state index contributed by atoms with van der Waals surface area (Å²) in [6.07, 6.45) is 0. The fourth-order valence-corrected chi connectivity index (χ4v) is 2.45. The fraction of sp³-hybridized carbons (Fsp3) is 0. The Kier molecular flexibility index (Phi) is 2.09. The van der Waals surface area contributed by atoms with Gasteiger partial charge < -0.3 is 0 Å². The van der Waals surface area contributed by atoms with Crippen LogP contribution in [0.15, 0.2) is 6.07 Å². The Labute approximate surface area is 58.9 Å². The van der Waals surface area contributed by atoms with Gasteiger partial charge in [0.25, 0.3) is 0 Å². The molecule has 0 saturated carbocycles. The monoisotopic (exact) mass is 160 g/mol. The van der Waals surface area contributed by atoms with Crippen LogP contribution in [0.5, 0.6) is 0 Å². The largest absolute Gasteiger partial charge is 0.152 e. The van der Waals surface area contributed by atoms with E-state index in [4.69, 9.17) is 0 Å². The minimum absolute atomic E-state index is 1.30. The molecule has 1 rings (SSSR count). The van der Waals surface area contributed by atoms with Crippen LogP contribution in [0.4, 0.5) is 0 Å². The summed E-state index contributed by atoms with van der Waals surface area (Å²) in [4.78, 5) is 0. The lowest BCUT2D eigenvalue weighted by atomic mass is 10.1. The quantitative estimate of drug-likeness (QED) is 0.337. The molecule has 0 bridgehead atoms. The van der Waals surface area contributed by atoms with Crippen molar-refractivity contribution in [3.8, 4) is 0 Å². The molecule has 0 fully saturated rings. The highest BCUT2D eigenvalue weighted by Gasteiger charge is 1.94. The first kappa shape index (κ1) is 6.74. The maximum atomic E-state index is 2.71. The topological polar surface area (TPSA) is 0 Å². The summed E-state index contributed by atoms with van der Waals surface area (Å²) in [5, 5.41) is 1.30. The lowest BCUT2D eigenvalue weighted by Crippen LogP contribution is -2.00. The van der Waals surface area contributed by atoms with Crippen LogP contribution in [0.2, 0.25) is 0 Å². The van der Waals surface area contributed by atoms with Gasteiger partial charge in [0.15, 0.2) is 7.85 Å². The van der Waals surface area contributed by atoms with E-state index in [1.165, 1.54) is 14.7 Å². The molecular weight excluding hydrogens is 153 g/mol. The number of hydrogen-bond acceptors (Lipinski definition) is 1. The summed E-state index contributed by atoms with van der Waals surface area (Å²) >= 11 is 1.81. The van der Waals surface area contributed by atoms with Gasteiger partial charge in [-0.3, -0.25) is 0 Å². The van der Waals surface area contributed by atoms with Gasteiger partial charge in [-0.05, 0) is 10.1 Å². The highest BCUT2D eigenvalue weighted by Crippen LogP contribution is 1.96. The van der Waals surface area contributed by atoms with Crippen molar-refractivity contribution in [1.82, 2.24) is 0 Å². The van der Waals surface area contributed by atoms with Crippen molar-refractivity contribution in [3.63, 3.8) is 0 Å². The predicted molar refractivity (Wildman–Crippen MR) is 51.2 cm³/mol. The molecule has 0 amide bonds. The highest BCUT2D eigenvalue weighted by molar-refractivity contribution is 7.50. The predicted octanol–water partition coefficient (Wildman–Crippen LogP) is -0.993. The first-order valence-corrected chi connectivity index (χ1v) is 4.28. The van der Waals surface area contributed by atoms with Crippen LogP contribution in [-0.2, 0) is 0 Å². The second-order valence-electron chi connectivity index (χ2n) is 1.68. The molecule has 42 valence electrons. The lowest BCUT2D eigenvalue weighted by molar-refractivity contribution is 2.29. The van der Waals surface area contributed by atoms with Crippen molar-refractivity contribution in [3.05, 3.63) is 6.07 Å². The van der Waals surface area contributed by atoms with Crippen molar-refractivity contribution in [1.29, 1.82) is 0 Å². The molecule has 0 N–H and O–H groups in total. The molecule has 1 heterocycles. The van der Waals surface area contributed by atoms with Gasteiger partial charge in [-0.15, -0.1) is 9.24 Å². The van der Waals surface area contributed by atoms with Gasteiger partial charge in [0.2, 0.25) is 0 Å². The normalized spacial score (nSPS) is 9.75. The van der Waals surface area contributed by atoms with Gasteiger partial charge in [0, 0.05) is 4.62 Å². The molecule has 2 atom stereocenters. The summed E-state index contributed by atoms with van der Waals surface area (Å²) in [5.41, 5.74) is 0. The third-order valence-corrected chi connectivity index (χ3v) is 3.52. The zero-order valence-electron chi connectivity index (χ0n) is 4.64. The van der Waals surface area contributed by atoms with E-state index in [1.54, 1.807) is 0 Å². The maximum Gasteiger partial charge on any atom is 0.152 e. The first-order chi connectivity index (χ1) is 3.70. The number of rotatable bonds is 0. The summed E-state index contributed by atoms with van der Waals surface area (Å²) in [7, 11) is 7.52. The Hall–Kier alpha value is 0.625. The second kappa shape index (κ2) is 2.48. The average molecular weight is 160 g/mol. The smallest absolute Gasteiger partial charge is 0.151 e. The van der Waals surface area contributed by atoms with Gasteiger partial charge >= 0.3 is 0 Å². The van der Waals surface area contributed by atoms with Crippen molar-refractivity contribution in [2.45, 2.75) is 0 Å². The van der Waals surface area contributed by atoms with E-state index >= 15 is 0 Å². The van der Waals surface area contributed by atoms with Crippen molar-refractivity contribution in [2.24, 2.45) is 0 Å². The third-order valence-electron chi connectivity index (χ3n) is 0.914. The highest BCUT2D eigenvalue weighted by atomic mass is 32.1. The van der Waals surface area contributed by atoms with Crippen LogP contribution in [0, 0.1) is 0 Å². The Morgan fingerprint density at radius 3 is 2.25 bits per heavy atom.